The number of amides is 5. The molecule has 1 aromatic rings. The molecule has 4 rings (SSSR count). The van der Waals surface area contributed by atoms with Crippen LogP contribution in [0.15, 0.2) is 30.9 Å². The lowest BCUT2D eigenvalue weighted by Crippen LogP contribution is -2.60. The Morgan fingerprint density at radius 1 is 1.04 bits per heavy atom. The average molecular weight is 712 g/mol. The van der Waals surface area contributed by atoms with Crippen molar-refractivity contribution in [3.05, 3.63) is 42.5 Å². The van der Waals surface area contributed by atoms with Crippen LogP contribution in [0.5, 0.6) is 0 Å². The van der Waals surface area contributed by atoms with Crippen LogP contribution in [0.4, 0.5) is 24.1 Å². The van der Waals surface area contributed by atoms with Crippen molar-refractivity contribution in [2.24, 2.45) is 11.3 Å². The van der Waals surface area contributed by atoms with Crippen molar-refractivity contribution >= 4 is 45.6 Å². The Kier molecular flexibility index (Phi) is 10.4. The number of hydrogen-bond donors (Lipinski definition) is 4. The Morgan fingerprint density at radius 3 is 2.16 bits per heavy atom. The van der Waals surface area contributed by atoms with E-state index in [-0.39, 0.29) is 19.4 Å². The highest BCUT2D eigenvalue weighted by Gasteiger charge is 2.62. The molecule has 1 heterocycles. The van der Waals surface area contributed by atoms with Crippen LogP contribution in [0, 0.1) is 23.0 Å². The molecule has 0 aromatic heterocycles. The molecule has 5 atom stereocenters. The standard InChI is InChI=1S/C32H43F2N5O9S/c1-8-17-15-32(17,27(42)38-49(45,46)19-12-13-19)37-25(40)22-14-18(47-28(43)35-23-20(33)10-9-11-21(23)34)16-39(22)26(41)24(30(2,3)4)36-29(44)48-31(5,6)7/h8-11,17-19,22,24H,1,12-16H2,2-7H3,(H,35,43)(H,36,44)(H,37,40)(H,38,42). The number of halogens is 2. The second-order valence-corrected chi connectivity index (χ2v) is 16.6. The van der Waals surface area contributed by atoms with Gasteiger partial charge in [-0.2, -0.15) is 0 Å². The fraction of sp³-hybridized carbons (Fsp3) is 0.594. The third kappa shape index (κ3) is 8.85. The van der Waals surface area contributed by atoms with E-state index in [2.05, 4.69) is 21.9 Å². The number of hydrogen-bond acceptors (Lipinski definition) is 9. The molecular formula is C32H43F2N5O9S. The van der Waals surface area contributed by atoms with Crippen molar-refractivity contribution in [1.82, 2.24) is 20.3 Å². The second-order valence-electron chi connectivity index (χ2n) is 14.6. The largest absolute Gasteiger partial charge is 0.444 e. The lowest BCUT2D eigenvalue weighted by atomic mass is 9.85. The van der Waals surface area contributed by atoms with Gasteiger partial charge in [-0.15, -0.1) is 6.58 Å². The van der Waals surface area contributed by atoms with E-state index in [4.69, 9.17) is 9.47 Å². The summed E-state index contributed by atoms with van der Waals surface area (Å²) in [7, 11) is -3.97. The Hall–Kier alpha value is -4.28. The summed E-state index contributed by atoms with van der Waals surface area (Å²) in [5, 5.41) is 6.45. The summed E-state index contributed by atoms with van der Waals surface area (Å²) in [6.07, 6.45) is -1.43. The Balaban J connectivity index is 1.60. The fourth-order valence-electron chi connectivity index (χ4n) is 5.53. The molecule has 1 aliphatic heterocycles. The first-order chi connectivity index (χ1) is 22.6. The lowest BCUT2D eigenvalue weighted by molar-refractivity contribution is -0.143. The molecule has 0 spiro atoms. The monoisotopic (exact) mass is 711 g/mol. The number of carbonyl (C=O) groups excluding carboxylic acids is 5. The normalized spacial score (nSPS) is 24.2. The van der Waals surface area contributed by atoms with Crippen LogP contribution in [-0.2, 0) is 33.9 Å². The van der Waals surface area contributed by atoms with E-state index in [1.807, 2.05) is 5.32 Å². The van der Waals surface area contributed by atoms with Crippen LogP contribution in [0.25, 0.3) is 0 Å². The molecule has 270 valence electrons. The van der Waals surface area contributed by atoms with E-state index >= 15 is 0 Å². The summed E-state index contributed by atoms with van der Waals surface area (Å²) in [4.78, 5) is 68.0. The average Bonchev–Trinajstić information content (AvgIpc) is 3.89. The predicted molar refractivity (Wildman–Crippen MR) is 172 cm³/mol. The van der Waals surface area contributed by atoms with Crippen LogP contribution in [0.2, 0.25) is 0 Å². The van der Waals surface area contributed by atoms with E-state index < -0.39 is 103 Å². The van der Waals surface area contributed by atoms with Crippen LogP contribution in [0.3, 0.4) is 0 Å². The van der Waals surface area contributed by atoms with E-state index in [0.717, 1.165) is 23.1 Å². The number of nitrogens with one attached hydrogen (secondary N) is 4. The van der Waals surface area contributed by atoms with Gasteiger partial charge < -0.3 is 25.0 Å². The highest BCUT2D eigenvalue weighted by molar-refractivity contribution is 7.91. The zero-order chi connectivity index (χ0) is 36.7. The van der Waals surface area contributed by atoms with Gasteiger partial charge >= 0.3 is 12.2 Å². The van der Waals surface area contributed by atoms with Gasteiger partial charge in [0.05, 0.1) is 11.8 Å². The summed E-state index contributed by atoms with van der Waals surface area (Å²) in [6.45, 7) is 13.2. The van der Waals surface area contributed by atoms with Gasteiger partial charge in [0.25, 0.3) is 5.91 Å². The third-order valence-corrected chi connectivity index (χ3v) is 10.2. The third-order valence-electron chi connectivity index (χ3n) is 8.33. The minimum atomic E-state index is -3.97. The number of benzene rings is 1. The maximum Gasteiger partial charge on any atom is 0.412 e. The maximum atomic E-state index is 14.2. The van der Waals surface area contributed by atoms with Crippen LogP contribution in [-0.4, -0.2) is 84.3 Å². The summed E-state index contributed by atoms with van der Waals surface area (Å²) in [5.41, 5.74) is -4.27. The van der Waals surface area contributed by atoms with Crippen LogP contribution >= 0.6 is 0 Å². The predicted octanol–water partition coefficient (Wildman–Crippen LogP) is 3.09. The van der Waals surface area contributed by atoms with Gasteiger partial charge in [0.1, 0.15) is 46.6 Å². The molecule has 3 aliphatic rings. The molecule has 0 bridgehead atoms. The Labute approximate surface area is 283 Å². The van der Waals surface area contributed by atoms with Crippen LogP contribution < -0.4 is 20.7 Å². The van der Waals surface area contributed by atoms with E-state index in [0.29, 0.717) is 12.8 Å². The number of carbonyl (C=O) groups is 5. The zero-order valence-electron chi connectivity index (χ0n) is 28.2. The van der Waals surface area contributed by atoms with Crippen LogP contribution in [0.1, 0.15) is 67.2 Å². The molecular weight excluding hydrogens is 668 g/mol. The van der Waals surface area contributed by atoms with E-state index in [9.17, 15) is 41.2 Å². The molecule has 3 fully saturated rings. The minimum absolute atomic E-state index is 0.0380. The molecule has 0 radical (unpaired) electrons. The van der Waals surface area contributed by atoms with Gasteiger partial charge in [0, 0.05) is 12.3 Å². The minimum Gasteiger partial charge on any atom is -0.444 e. The molecule has 2 saturated carbocycles. The molecule has 4 N–H and O–H groups in total. The number of para-hydroxylation sites is 1. The highest BCUT2D eigenvalue weighted by atomic mass is 32.2. The van der Waals surface area contributed by atoms with Gasteiger partial charge in [-0.3, -0.25) is 24.4 Å². The summed E-state index contributed by atoms with van der Waals surface area (Å²) in [5.74, 6) is -5.32. The van der Waals surface area contributed by atoms with Crippen molar-refractivity contribution in [2.45, 2.75) is 102 Å². The number of nitrogens with zero attached hydrogens (tertiary/aromatic N) is 1. The lowest BCUT2D eigenvalue weighted by Gasteiger charge is -2.36. The number of anilines is 1. The van der Waals surface area contributed by atoms with E-state index in [1.54, 1.807) is 41.5 Å². The molecule has 2 aliphatic carbocycles. The topological polar surface area (TPSA) is 189 Å². The first-order valence-electron chi connectivity index (χ1n) is 15.8. The molecule has 17 heteroatoms. The van der Waals surface area contributed by atoms with Crippen molar-refractivity contribution in [2.75, 3.05) is 11.9 Å². The number of likely N-dealkylation sites (tertiary alicyclic amines) is 1. The van der Waals surface area contributed by atoms with E-state index in [1.165, 1.54) is 6.08 Å². The molecule has 5 amide bonds. The highest BCUT2D eigenvalue weighted by Crippen LogP contribution is 2.45. The van der Waals surface area contributed by atoms with Crippen molar-refractivity contribution < 1.29 is 50.6 Å². The number of ether oxygens (including phenoxy) is 2. The van der Waals surface area contributed by atoms with Gasteiger partial charge in [-0.25, -0.2) is 26.8 Å². The molecule has 1 aromatic carbocycles. The fourth-order valence-corrected chi connectivity index (χ4v) is 6.90. The Bertz CT molecular complexity index is 1620. The first kappa shape index (κ1) is 37.5. The molecule has 14 nitrogen and oxygen atoms in total. The smallest absolute Gasteiger partial charge is 0.412 e. The van der Waals surface area contributed by atoms with Crippen molar-refractivity contribution in [1.29, 1.82) is 0 Å². The van der Waals surface area contributed by atoms with Gasteiger partial charge in [0.15, 0.2) is 0 Å². The van der Waals surface area contributed by atoms with Crippen molar-refractivity contribution in [3.63, 3.8) is 0 Å². The number of sulfonamides is 1. The molecule has 1 saturated heterocycles. The second kappa shape index (κ2) is 13.6. The molecule has 49 heavy (non-hydrogen) atoms. The van der Waals surface area contributed by atoms with Crippen molar-refractivity contribution in [3.8, 4) is 0 Å². The number of rotatable bonds is 10. The Morgan fingerprint density at radius 2 is 1.65 bits per heavy atom. The number of alkyl carbamates (subject to hydrolysis) is 1. The zero-order valence-corrected chi connectivity index (χ0v) is 29.0. The van der Waals surface area contributed by atoms with Gasteiger partial charge in [0.2, 0.25) is 21.8 Å². The van der Waals surface area contributed by atoms with Gasteiger partial charge in [-0.05, 0) is 57.6 Å². The SMILES string of the molecule is C=CC1CC1(NC(=O)C1CC(OC(=O)Nc2c(F)cccc2F)CN1C(=O)C(NC(=O)OC(C)(C)C)C(C)(C)C)C(=O)NS(=O)(=O)C1CC1. The summed E-state index contributed by atoms with van der Waals surface area (Å²) in [6, 6.07) is 0.301. The quantitative estimate of drug-likeness (QED) is 0.265. The van der Waals surface area contributed by atoms with Gasteiger partial charge in [-0.1, -0.05) is 32.9 Å². The summed E-state index contributed by atoms with van der Waals surface area (Å²) < 4.78 is 66.2. The maximum absolute atomic E-state index is 14.2. The summed E-state index contributed by atoms with van der Waals surface area (Å²) >= 11 is 0. The molecule has 5 unspecified atom stereocenters. The first-order valence-corrected chi connectivity index (χ1v) is 17.3.